The Hall–Kier alpha value is -1.12. The van der Waals surface area contributed by atoms with Crippen LogP contribution in [0.5, 0.6) is 0 Å². The molecule has 0 fully saturated rings. The molecular weight excluding hydrogens is 276 g/mol. The quantitative estimate of drug-likeness (QED) is 0.857. The van der Waals surface area contributed by atoms with Gasteiger partial charge in [0.15, 0.2) is 0 Å². The molecule has 1 N–H and O–H groups in total. The van der Waals surface area contributed by atoms with E-state index in [0.29, 0.717) is 0 Å². The van der Waals surface area contributed by atoms with Crippen LogP contribution < -0.4 is 0 Å². The summed E-state index contributed by atoms with van der Waals surface area (Å²) >= 11 is 1.82. The van der Waals surface area contributed by atoms with E-state index in [1.807, 2.05) is 11.3 Å². The van der Waals surface area contributed by atoms with Gasteiger partial charge in [-0.25, -0.2) is 0 Å². The van der Waals surface area contributed by atoms with Crippen molar-refractivity contribution in [3.63, 3.8) is 0 Å². The van der Waals surface area contributed by atoms with Crippen molar-refractivity contribution in [3.8, 4) is 0 Å². The minimum absolute atomic E-state index is 0.456. The van der Waals surface area contributed by atoms with E-state index in [-0.39, 0.29) is 0 Å². The van der Waals surface area contributed by atoms with Gasteiger partial charge in [0.2, 0.25) is 0 Å². The van der Waals surface area contributed by atoms with Gasteiger partial charge in [-0.3, -0.25) is 0 Å². The fourth-order valence-electron chi connectivity index (χ4n) is 3.24. The first kappa shape index (κ1) is 14.8. The molecule has 0 spiro atoms. The molecule has 1 heterocycles. The van der Waals surface area contributed by atoms with Gasteiger partial charge < -0.3 is 5.11 Å². The largest absolute Gasteiger partial charge is 0.383 e. The highest BCUT2D eigenvalue weighted by Gasteiger charge is 2.20. The average Bonchev–Trinajstić information content (AvgIpc) is 2.97. The topological polar surface area (TPSA) is 20.2 Å². The van der Waals surface area contributed by atoms with E-state index in [9.17, 15) is 5.11 Å². The molecule has 2 heteroatoms. The molecule has 3 rings (SSSR count). The van der Waals surface area contributed by atoms with Crippen molar-refractivity contribution in [2.75, 3.05) is 0 Å². The summed E-state index contributed by atoms with van der Waals surface area (Å²) in [7, 11) is 0. The molecule has 1 aliphatic rings. The van der Waals surface area contributed by atoms with Crippen molar-refractivity contribution in [2.45, 2.75) is 58.5 Å². The maximum atomic E-state index is 10.9. The van der Waals surface area contributed by atoms with Gasteiger partial charge in [0.1, 0.15) is 6.10 Å². The molecule has 1 unspecified atom stereocenters. The lowest BCUT2D eigenvalue weighted by Gasteiger charge is -2.15. The van der Waals surface area contributed by atoms with Crippen LogP contribution in [0.3, 0.4) is 0 Å². The summed E-state index contributed by atoms with van der Waals surface area (Å²) in [6.45, 7) is 4.33. The molecule has 2 aromatic rings. The standard InChI is InChI=1S/C19H24OS/c1-3-13-9-10-14(4-2)16(11-13)19(20)18-12-15-7-5-6-8-17(15)21-18/h9-12,19-20H,3-8H2,1-2H3. The van der Waals surface area contributed by atoms with Crippen LogP contribution in [0, 0.1) is 0 Å². The van der Waals surface area contributed by atoms with E-state index < -0.39 is 6.10 Å². The van der Waals surface area contributed by atoms with E-state index in [0.717, 1.165) is 23.3 Å². The third-order valence-corrected chi connectivity index (χ3v) is 5.87. The van der Waals surface area contributed by atoms with Gasteiger partial charge in [-0.2, -0.15) is 0 Å². The number of aliphatic hydroxyl groups excluding tert-OH is 1. The van der Waals surface area contributed by atoms with Gasteiger partial charge in [-0.15, -0.1) is 11.3 Å². The van der Waals surface area contributed by atoms with Crippen LogP contribution in [-0.2, 0) is 25.7 Å². The van der Waals surface area contributed by atoms with Gasteiger partial charge in [0.05, 0.1) is 0 Å². The zero-order chi connectivity index (χ0) is 14.8. The number of benzene rings is 1. The van der Waals surface area contributed by atoms with Gasteiger partial charge in [0, 0.05) is 9.75 Å². The maximum absolute atomic E-state index is 10.9. The lowest BCUT2D eigenvalue weighted by Crippen LogP contribution is -2.03. The minimum Gasteiger partial charge on any atom is -0.383 e. The summed E-state index contributed by atoms with van der Waals surface area (Å²) < 4.78 is 0. The lowest BCUT2D eigenvalue weighted by molar-refractivity contribution is 0.223. The first-order valence-electron chi connectivity index (χ1n) is 8.14. The number of hydrogen-bond acceptors (Lipinski definition) is 2. The molecule has 1 nitrogen and oxygen atoms in total. The van der Waals surface area contributed by atoms with E-state index in [4.69, 9.17) is 0 Å². The van der Waals surface area contributed by atoms with Crippen molar-refractivity contribution >= 4 is 11.3 Å². The summed E-state index contributed by atoms with van der Waals surface area (Å²) in [5.41, 5.74) is 5.16. The Morgan fingerprint density at radius 3 is 2.62 bits per heavy atom. The lowest BCUT2D eigenvalue weighted by atomic mass is 9.95. The molecule has 112 valence electrons. The first-order valence-corrected chi connectivity index (χ1v) is 8.95. The van der Waals surface area contributed by atoms with E-state index in [1.165, 1.54) is 47.3 Å². The third kappa shape index (κ3) is 2.93. The highest BCUT2D eigenvalue weighted by Crippen LogP contribution is 2.36. The predicted octanol–water partition coefficient (Wildman–Crippen LogP) is 4.83. The van der Waals surface area contributed by atoms with E-state index in [1.54, 1.807) is 0 Å². The van der Waals surface area contributed by atoms with Crippen molar-refractivity contribution in [1.29, 1.82) is 0 Å². The van der Waals surface area contributed by atoms with Gasteiger partial charge in [-0.05, 0) is 66.8 Å². The molecule has 0 saturated carbocycles. The summed E-state index contributed by atoms with van der Waals surface area (Å²) in [6, 6.07) is 8.82. The minimum atomic E-state index is -0.456. The maximum Gasteiger partial charge on any atom is 0.113 e. The number of thiophene rings is 1. The van der Waals surface area contributed by atoms with E-state index in [2.05, 4.69) is 38.1 Å². The van der Waals surface area contributed by atoms with Crippen LogP contribution >= 0.6 is 11.3 Å². The van der Waals surface area contributed by atoms with Crippen LogP contribution in [-0.4, -0.2) is 5.11 Å². The Labute approximate surface area is 131 Å². The average molecular weight is 300 g/mol. The van der Waals surface area contributed by atoms with Gasteiger partial charge in [-0.1, -0.05) is 32.0 Å². The predicted molar refractivity (Wildman–Crippen MR) is 90.2 cm³/mol. The van der Waals surface area contributed by atoms with E-state index >= 15 is 0 Å². The zero-order valence-electron chi connectivity index (χ0n) is 13.0. The van der Waals surface area contributed by atoms with Crippen molar-refractivity contribution in [3.05, 3.63) is 56.3 Å². The SMILES string of the molecule is CCc1ccc(CC)c(C(O)c2cc3c(s2)CCCC3)c1. The molecule has 0 bridgehead atoms. The molecule has 0 saturated heterocycles. The molecule has 1 aromatic carbocycles. The molecular formula is C19H24OS. The van der Waals surface area contributed by atoms with Crippen molar-refractivity contribution in [2.24, 2.45) is 0 Å². The highest BCUT2D eigenvalue weighted by atomic mass is 32.1. The summed E-state index contributed by atoms with van der Waals surface area (Å²) in [5.74, 6) is 0. The van der Waals surface area contributed by atoms with Crippen LogP contribution in [0.4, 0.5) is 0 Å². The first-order chi connectivity index (χ1) is 10.2. The summed E-state index contributed by atoms with van der Waals surface area (Å²) in [5, 5.41) is 10.9. The molecule has 1 atom stereocenters. The van der Waals surface area contributed by atoms with Crippen LogP contribution in [0.2, 0.25) is 0 Å². The normalized spacial score (nSPS) is 15.8. The Morgan fingerprint density at radius 1 is 1.10 bits per heavy atom. The van der Waals surface area contributed by atoms with Crippen LogP contribution in [0.25, 0.3) is 0 Å². The number of hydrogen-bond donors (Lipinski definition) is 1. The third-order valence-electron chi connectivity index (χ3n) is 4.58. The zero-order valence-corrected chi connectivity index (χ0v) is 13.8. The van der Waals surface area contributed by atoms with Crippen LogP contribution in [0.1, 0.15) is 64.8 Å². The Balaban J connectivity index is 1.97. The molecule has 0 amide bonds. The smallest absolute Gasteiger partial charge is 0.113 e. The van der Waals surface area contributed by atoms with Crippen molar-refractivity contribution < 1.29 is 5.11 Å². The van der Waals surface area contributed by atoms with Gasteiger partial charge in [0.25, 0.3) is 0 Å². The summed E-state index contributed by atoms with van der Waals surface area (Å²) in [6.07, 6.45) is 6.52. The van der Waals surface area contributed by atoms with Gasteiger partial charge >= 0.3 is 0 Å². The van der Waals surface area contributed by atoms with Crippen LogP contribution in [0.15, 0.2) is 24.3 Å². The Morgan fingerprint density at radius 2 is 1.90 bits per heavy atom. The fourth-order valence-corrected chi connectivity index (χ4v) is 4.51. The molecule has 21 heavy (non-hydrogen) atoms. The number of aliphatic hydroxyl groups is 1. The number of aryl methyl sites for hydroxylation is 4. The molecule has 0 radical (unpaired) electrons. The second-order valence-electron chi connectivity index (χ2n) is 5.95. The molecule has 0 aliphatic heterocycles. The molecule has 1 aliphatic carbocycles. The highest BCUT2D eigenvalue weighted by molar-refractivity contribution is 7.12. The Bertz CT molecular complexity index is 603. The second-order valence-corrected chi connectivity index (χ2v) is 7.12. The Kier molecular flexibility index (Phi) is 4.46. The number of rotatable bonds is 4. The van der Waals surface area contributed by atoms with Crippen molar-refractivity contribution in [1.82, 2.24) is 0 Å². The fraction of sp³-hybridized carbons (Fsp3) is 0.474. The summed E-state index contributed by atoms with van der Waals surface area (Å²) in [4.78, 5) is 2.63. The number of fused-ring (bicyclic) bond motifs is 1. The monoisotopic (exact) mass is 300 g/mol. The second kappa shape index (κ2) is 6.33. The molecule has 1 aromatic heterocycles.